The zero-order valence-corrected chi connectivity index (χ0v) is 11.8. The smallest absolute Gasteiger partial charge is 0.321 e. The Morgan fingerprint density at radius 3 is 3.14 bits per heavy atom. The van der Waals surface area contributed by atoms with E-state index in [1.54, 1.807) is 6.33 Å². The van der Waals surface area contributed by atoms with Crippen LogP contribution in [0.5, 0.6) is 0 Å². The molecular weight excluding hydrogens is 282 g/mol. The number of hydrogen-bond donors (Lipinski definition) is 3. The third-order valence-corrected chi connectivity index (χ3v) is 4.11. The number of H-pyrrole nitrogens is 2. The minimum Gasteiger partial charge on any atom is -0.480 e. The highest BCUT2D eigenvalue weighted by Gasteiger charge is 2.33. The van der Waals surface area contributed by atoms with E-state index in [-0.39, 0.29) is 0 Å². The molecule has 0 bridgehead atoms. The Bertz CT molecular complexity index is 837. The average Bonchev–Trinajstić information content (AvgIpc) is 3.13. The first-order valence-corrected chi connectivity index (χ1v) is 7.12. The molecule has 0 amide bonds. The lowest BCUT2D eigenvalue weighted by Gasteiger charge is -2.31. The average molecular weight is 297 g/mol. The molecule has 3 aromatic rings. The van der Waals surface area contributed by atoms with E-state index in [0.717, 1.165) is 28.1 Å². The van der Waals surface area contributed by atoms with Gasteiger partial charge in [-0.25, -0.2) is 9.97 Å². The van der Waals surface area contributed by atoms with E-state index in [9.17, 15) is 9.90 Å². The van der Waals surface area contributed by atoms with Gasteiger partial charge in [-0.3, -0.25) is 9.69 Å². The summed E-state index contributed by atoms with van der Waals surface area (Å²) >= 11 is 0. The summed E-state index contributed by atoms with van der Waals surface area (Å²) < 4.78 is 0. The van der Waals surface area contributed by atoms with Gasteiger partial charge in [-0.05, 0) is 18.2 Å². The van der Waals surface area contributed by atoms with Crippen molar-refractivity contribution in [2.75, 3.05) is 0 Å². The molecule has 0 saturated heterocycles. The van der Waals surface area contributed by atoms with E-state index in [0.29, 0.717) is 19.5 Å². The first-order chi connectivity index (χ1) is 10.7. The van der Waals surface area contributed by atoms with Crippen LogP contribution in [-0.2, 0) is 24.3 Å². The normalized spacial score (nSPS) is 18.5. The maximum atomic E-state index is 11.6. The number of aromatic amines is 2. The standard InChI is InChI=1S/C15H15N5O2/c21-15(22)13-5-11-12(18-8-17-11)7-20(13)6-10-2-1-9-3-4-16-14(9)19-10/h1-4,8,13H,5-7H2,(H,16,19)(H,17,18)(H,21,22)/t13-/m0/s1. The molecule has 1 aliphatic heterocycles. The zero-order chi connectivity index (χ0) is 15.1. The van der Waals surface area contributed by atoms with Crippen LogP contribution in [0.15, 0.2) is 30.7 Å². The minimum atomic E-state index is -0.824. The van der Waals surface area contributed by atoms with Gasteiger partial charge >= 0.3 is 5.97 Å². The van der Waals surface area contributed by atoms with Gasteiger partial charge in [-0.2, -0.15) is 0 Å². The number of pyridine rings is 1. The number of aromatic nitrogens is 4. The fourth-order valence-corrected chi connectivity index (χ4v) is 2.96. The summed E-state index contributed by atoms with van der Waals surface area (Å²) in [6, 6.07) is 5.33. The quantitative estimate of drug-likeness (QED) is 0.677. The number of nitrogens with one attached hydrogen (secondary N) is 2. The van der Waals surface area contributed by atoms with E-state index in [4.69, 9.17) is 0 Å². The molecule has 0 unspecified atom stereocenters. The number of carbonyl (C=O) groups is 1. The molecule has 0 aliphatic carbocycles. The van der Waals surface area contributed by atoms with Crippen molar-refractivity contribution < 1.29 is 9.90 Å². The van der Waals surface area contributed by atoms with Gasteiger partial charge in [-0.1, -0.05) is 0 Å². The molecule has 1 aliphatic rings. The summed E-state index contributed by atoms with van der Waals surface area (Å²) in [6.07, 6.45) is 3.88. The number of hydrogen-bond acceptors (Lipinski definition) is 4. The summed E-state index contributed by atoms with van der Waals surface area (Å²) in [5.74, 6) is -0.824. The fourth-order valence-electron chi connectivity index (χ4n) is 2.96. The van der Waals surface area contributed by atoms with Crippen molar-refractivity contribution in [1.29, 1.82) is 0 Å². The summed E-state index contributed by atoms with van der Waals surface area (Å²) in [4.78, 5) is 28.4. The monoisotopic (exact) mass is 297 g/mol. The number of carboxylic acid groups (broad SMARTS) is 1. The number of nitrogens with zero attached hydrogens (tertiary/aromatic N) is 3. The van der Waals surface area contributed by atoms with Gasteiger partial charge in [0, 0.05) is 31.1 Å². The van der Waals surface area contributed by atoms with Crippen LogP contribution in [0.4, 0.5) is 0 Å². The molecule has 7 heteroatoms. The maximum absolute atomic E-state index is 11.6. The van der Waals surface area contributed by atoms with Crippen LogP contribution in [-0.4, -0.2) is 42.0 Å². The van der Waals surface area contributed by atoms with Crippen LogP contribution in [0.25, 0.3) is 11.0 Å². The molecule has 3 aromatic heterocycles. The van der Waals surface area contributed by atoms with Gasteiger partial charge in [0.05, 0.1) is 23.4 Å². The van der Waals surface area contributed by atoms with Gasteiger partial charge in [-0.15, -0.1) is 0 Å². The molecule has 0 aromatic carbocycles. The second kappa shape index (κ2) is 4.96. The second-order valence-corrected chi connectivity index (χ2v) is 5.51. The Kier molecular flexibility index (Phi) is 2.93. The van der Waals surface area contributed by atoms with Crippen molar-refractivity contribution in [1.82, 2.24) is 24.8 Å². The van der Waals surface area contributed by atoms with Crippen molar-refractivity contribution in [3.8, 4) is 0 Å². The van der Waals surface area contributed by atoms with E-state index < -0.39 is 12.0 Å². The Balaban J connectivity index is 1.63. The van der Waals surface area contributed by atoms with Gasteiger partial charge in [0.2, 0.25) is 0 Å². The van der Waals surface area contributed by atoms with Crippen LogP contribution in [0.1, 0.15) is 17.1 Å². The molecule has 22 heavy (non-hydrogen) atoms. The Labute approximate surface area is 126 Å². The molecule has 0 fully saturated rings. The number of imidazole rings is 1. The number of rotatable bonds is 3. The first kappa shape index (κ1) is 13.0. The van der Waals surface area contributed by atoms with Crippen molar-refractivity contribution in [2.24, 2.45) is 0 Å². The van der Waals surface area contributed by atoms with Crippen LogP contribution in [0, 0.1) is 0 Å². The van der Waals surface area contributed by atoms with Gasteiger partial charge in [0.1, 0.15) is 11.7 Å². The molecular formula is C15H15N5O2. The van der Waals surface area contributed by atoms with Crippen LogP contribution < -0.4 is 0 Å². The molecule has 0 spiro atoms. The van der Waals surface area contributed by atoms with Gasteiger partial charge in [0.15, 0.2) is 0 Å². The van der Waals surface area contributed by atoms with E-state index in [1.807, 2.05) is 29.3 Å². The fraction of sp³-hybridized carbons (Fsp3) is 0.267. The van der Waals surface area contributed by atoms with Gasteiger partial charge < -0.3 is 15.1 Å². The van der Waals surface area contributed by atoms with Crippen molar-refractivity contribution in [3.63, 3.8) is 0 Å². The van der Waals surface area contributed by atoms with E-state index in [1.165, 1.54) is 0 Å². The molecule has 0 radical (unpaired) electrons. The largest absolute Gasteiger partial charge is 0.480 e. The molecule has 4 heterocycles. The summed E-state index contributed by atoms with van der Waals surface area (Å²) in [7, 11) is 0. The predicted octanol–water partition coefficient (Wildman–Crippen LogP) is 1.30. The van der Waals surface area contributed by atoms with Crippen molar-refractivity contribution >= 4 is 17.0 Å². The number of fused-ring (bicyclic) bond motifs is 2. The van der Waals surface area contributed by atoms with Crippen LogP contribution >= 0.6 is 0 Å². The molecule has 1 atom stereocenters. The maximum Gasteiger partial charge on any atom is 0.321 e. The van der Waals surface area contributed by atoms with E-state index in [2.05, 4.69) is 19.9 Å². The molecule has 7 nitrogen and oxygen atoms in total. The second-order valence-electron chi connectivity index (χ2n) is 5.51. The zero-order valence-electron chi connectivity index (χ0n) is 11.8. The number of carboxylic acids is 1. The van der Waals surface area contributed by atoms with Crippen LogP contribution in [0.2, 0.25) is 0 Å². The lowest BCUT2D eigenvalue weighted by molar-refractivity contribution is -0.144. The summed E-state index contributed by atoms with van der Waals surface area (Å²) in [5.41, 5.74) is 3.50. The molecule has 4 rings (SSSR count). The molecule has 112 valence electrons. The summed E-state index contributed by atoms with van der Waals surface area (Å²) in [5, 5.41) is 10.5. The third-order valence-electron chi connectivity index (χ3n) is 4.11. The highest BCUT2D eigenvalue weighted by molar-refractivity contribution is 5.75. The van der Waals surface area contributed by atoms with Crippen molar-refractivity contribution in [3.05, 3.63) is 47.8 Å². The lowest BCUT2D eigenvalue weighted by Crippen LogP contribution is -2.45. The Morgan fingerprint density at radius 1 is 1.36 bits per heavy atom. The number of aliphatic carboxylic acids is 1. The highest BCUT2D eigenvalue weighted by Crippen LogP contribution is 2.23. The minimum absolute atomic E-state index is 0.416. The topological polar surface area (TPSA) is 97.9 Å². The Hall–Kier alpha value is -2.67. The first-order valence-electron chi connectivity index (χ1n) is 7.12. The summed E-state index contributed by atoms with van der Waals surface area (Å²) in [6.45, 7) is 1.03. The molecule has 3 N–H and O–H groups in total. The Morgan fingerprint density at radius 2 is 2.27 bits per heavy atom. The van der Waals surface area contributed by atoms with Crippen molar-refractivity contribution in [2.45, 2.75) is 25.6 Å². The third kappa shape index (κ3) is 2.15. The predicted molar refractivity (Wildman–Crippen MR) is 79.1 cm³/mol. The van der Waals surface area contributed by atoms with Crippen LogP contribution in [0.3, 0.4) is 0 Å². The lowest BCUT2D eigenvalue weighted by atomic mass is 10.0. The van der Waals surface area contributed by atoms with E-state index >= 15 is 0 Å². The SMILES string of the molecule is O=C(O)[C@@H]1Cc2nc[nH]c2CN1Cc1ccc2cc[nH]c2n1. The highest BCUT2D eigenvalue weighted by atomic mass is 16.4. The van der Waals surface area contributed by atoms with Gasteiger partial charge in [0.25, 0.3) is 0 Å². The molecule has 0 saturated carbocycles.